The molecule has 1 aliphatic carbocycles. The summed E-state index contributed by atoms with van der Waals surface area (Å²) in [6.45, 7) is 4.04. The number of nitrogens with one attached hydrogen (secondary N) is 4. The molecular weight excluding hydrogens is 525 g/mol. The Bertz CT molecular complexity index is 1590. The van der Waals surface area contributed by atoms with E-state index in [0.717, 1.165) is 32.9 Å². The van der Waals surface area contributed by atoms with Crippen LogP contribution in [-0.4, -0.2) is 22.0 Å². The Hall–Kier alpha value is -3.88. The number of anilines is 2. The van der Waals surface area contributed by atoms with Gasteiger partial charge in [-0.3, -0.25) is 9.59 Å². The van der Waals surface area contributed by atoms with Crippen molar-refractivity contribution in [2.45, 2.75) is 26.7 Å². The smallest absolute Gasteiger partial charge is 0.229 e. The summed E-state index contributed by atoms with van der Waals surface area (Å²) >= 11 is 10.8. The van der Waals surface area contributed by atoms with Gasteiger partial charge in [-0.1, -0.05) is 86.6 Å². The van der Waals surface area contributed by atoms with E-state index in [2.05, 4.69) is 21.3 Å². The van der Waals surface area contributed by atoms with E-state index in [1.807, 2.05) is 98.8 Å². The molecule has 1 aliphatic rings. The third-order valence-corrected chi connectivity index (χ3v) is 8.19. The van der Waals surface area contributed by atoms with E-state index >= 15 is 0 Å². The Labute approximate surface area is 238 Å². The van der Waals surface area contributed by atoms with Gasteiger partial charge in [0.2, 0.25) is 11.8 Å². The first kappa shape index (κ1) is 26.7. The van der Waals surface area contributed by atoms with Gasteiger partial charge in [-0.2, -0.15) is 0 Å². The quantitative estimate of drug-likeness (QED) is 0.215. The lowest BCUT2D eigenvalue weighted by atomic mass is 9.53. The van der Waals surface area contributed by atoms with Crippen LogP contribution < -0.4 is 21.3 Å². The average Bonchev–Trinajstić information content (AvgIpc) is 2.91. The maximum absolute atomic E-state index is 13.1. The summed E-state index contributed by atoms with van der Waals surface area (Å²) in [5.41, 5.74) is 1.32. The second-order valence-electron chi connectivity index (χ2n) is 10.5. The molecule has 198 valence electrons. The van der Waals surface area contributed by atoms with Crippen molar-refractivity contribution in [2.24, 2.45) is 17.3 Å². The molecule has 39 heavy (non-hydrogen) atoms. The SMILES string of the molecule is CC1(C)[C@H](CC(=O)NC(=S)Nc2cccc3ccccc23)C[C@@H]1C(=O)NC(=S)Nc1cccc2ccccc12. The highest BCUT2D eigenvalue weighted by molar-refractivity contribution is 7.80. The van der Waals surface area contributed by atoms with Crippen LogP contribution in [0, 0.1) is 17.3 Å². The van der Waals surface area contributed by atoms with Gasteiger partial charge >= 0.3 is 0 Å². The molecule has 0 heterocycles. The van der Waals surface area contributed by atoms with Gasteiger partial charge < -0.3 is 21.3 Å². The van der Waals surface area contributed by atoms with Crippen LogP contribution in [-0.2, 0) is 9.59 Å². The van der Waals surface area contributed by atoms with Crippen molar-refractivity contribution in [1.82, 2.24) is 10.6 Å². The molecule has 0 saturated heterocycles. The predicted octanol–water partition coefficient (Wildman–Crippen LogP) is 6.37. The largest absolute Gasteiger partial charge is 0.332 e. The van der Waals surface area contributed by atoms with Gasteiger partial charge in [0.15, 0.2) is 10.2 Å². The number of thiocarbonyl (C=S) groups is 2. The molecule has 2 atom stereocenters. The first-order chi connectivity index (χ1) is 18.7. The number of carbonyl (C=O) groups excluding carboxylic acids is 2. The zero-order valence-electron chi connectivity index (χ0n) is 21.8. The fraction of sp³-hybridized carbons (Fsp3) is 0.226. The van der Waals surface area contributed by atoms with Crippen LogP contribution in [0.2, 0.25) is 0 Å². The lowest BCUT2D eigenvalue weighted by Gasteiger charge is -2.51. The Balaban J connectivity index is 1.12. The molecule has 0 aliphatic heterocycles. The zero-order chi connectivity index (χ0) is 27.6. The molecular formula is C31H30N4O2S2. The maximum Gasteiger partial charge on any atom is 0.229 e. The van der Waals surface area contributed by atoms with E-state index < -0.39 is 0 Å². The van der Waals surface area contributed by atoms with Gasteiger partial charge in [-0.25, -0.2) is 0 Å². The van der Waals surface area contributed by atoms with Crippen molar-refractivity contribution in [3.8, 4) is 0 Å². The molecule has 8 heteroatoms. The minimum atomic E-state index is -0.360. The summed E-state index contributed by atoms with van der Waals surface area (Å²) in [7, 11) is 0. The Kier molecular flexibility index (Phi) is 7.59. The average molecular weight is 555 g/mol. The zero-order valence-corrected chi connectivity index (χ0v) is 23.4. The lowest BCUT2D eigenvalue weighted by Crippen LogP contribution is -2.55. The molecule has 5 rings (SSSR count). The molecule has 4 aromatic rings. The highest BCUT2D eigenvalue weighted by atomic mass is 32.1. The van der Waals surface area contributed by atoms with Crippen molar-refractivity contribution in [3.63, 3.8) is 0 Å². The third-order valence-electron chi connectivity index (χ3n) is 7.78. The van der Waals surface area contributed by atoms with Crippen LogP contribution in [0.15, 0.2) is 84.9 Å². The molecule has 6 nitrogen and oxygen atoms in total. The summed E-state index contributed by atoms with van der Waals surface area (Å²) < 4.78 is 0. The van der Waals surface area contributed by atoms with Gasteiger partial charge in [0.1, 0.15) is 0 Å². The summed E-state index contributed by atoms with van der Waals surface area (Å²) in [6, 6.07) is 27.8. The van der Waals surface area contributed by atoms with E-state index in [1.54, 1.807) is 0 Å². The maximum atomic E-state index is 13.1. The Morgan fingerprint density at radius 2 is 1.23 bits per heavy atom. The summed E-state index contributed by atoms with van der Waals surface area (Å²) in [5, 5.41) is 16.7. The highest BCUT2D eigenvalue weighted by Crippen LogP contribution is 2.52. The van der Waals surface area contributed by atoms with Gasteiger partial charge in [-0.15, -0.1) is 0 Å². The summed E-state index contributed by atoms with van der Waals surface area (Å²) in [5.74, 6) is -0.503. The van der Waals surface area contributed by atoms with Crippen molar-refractivity contribution in [1.29, 1.82) is 0 Å². The van der Waals surface area contributed by atoms with E-state index in [0.29, 0.717) is 6.42 Å². The van der Waals surface area contributed by atoms with Crippen LogP contribution in [0.5, 0.6) is 0 Å². The molecule has 1 saturated carbocycles. The predicted molar refractivity (Wildman–Crippen MR) is 167 cm³/mol. The van der Waals surface area contributed by atoms with E-state index in [4.69, 9.17) is 24.4 Å². The van der Waals surface area contributed by atoms with Crippen LogP contribution >= 0.6 is 24.4 Å². The van der Waals surface area contributed by atoms with Gasteiger partial charge in [0.05, 0.1) is 0 Å². The molecule has 0 bridgehead atoms. The van der Waals surface area contributed by atoms with Gasteiger partial charge in [0, 0.05) is 34.5 Å². The van der Waals surface area contributed by atoms with Gasteiger partial charge in [0.25, 0.3) is 0 Å². The number of benzene rings is 4. The number of hydrogen-bond acceptors (Lipinski definition) is 4. The first-order valence-corrected chi connectivity index (χ1v) is 13.7. The molecule has 4 N–H and O–H groups in total. The first-order valence-electron chi connectivity index (χ1n) is 12.9. The van der Waals surface area contributed by atoms with E-state index in [1.165, 1.54) is 0 Å². The summed E-state index contributed by atoms with van der Waals surface area (Å²) in [6.07, 6.45) is 0.888. The summed E-state index contributed by atoms with van der Waals surface area (Å²) in [4.78, 5) is 25.8. The number of carbonyl (C=O) groups is 2. The molecule has 0 unspecified atom stereocenters. The van der Waals surface area contributed by atoms with Crippen LogP contribution in [0.4, 0.5) is 11.4 Å². The Morgan fingerprint density at radius 1 is 0.744 bits per heavy atom. The monoisotopic (exact) mass is 554 g/mol. The fourth-order valence-electron chi connectivity index (χ4n) is 5.38. The molecule has 4 aromatic carbocycles. The number of fused-ring (bicyclic) bond motifs is 2. The second-order valence-corrected chi connectivity index (χ2v) is 11.3. The van der Waals surface area contributed by atoms with Crippen LogP contribution in [0.25, 0.3) is 21.5 Å². The lowest BCUT2D eigenvalue weighted by molar-refractivity contribution is -0.143. The molecule has 0 aromatic heterocycles. The van der Waals surface area contributed by atoms with Crippen molar-refractivity contribution in [2.75, 3.05) is 10.6 Å². The van der Waals surface area contributed by atoms with Crippen LogP contribution in [0.3, 0.4) is 0 Å². The number of hydrogen-bond donors (Lipinski definition) is 4. The molecule has 2 amide bonds. The minimum Gasteiger partial charge on any atom is -0.332 e. The van der Waals surface area contributed by atoms with Crippen molar-refractivity contribution in [3.05, 3.63) is 84.9 Å². The fourth-order valence-corrected chi connectivity index (χ4v) is 5.82. The molecule has 1 fully saturated rings. The standard InChI is InChI=1S/C31H30N4O2S2/c1-31(2)21(18-27(36)34-29(38)32-25-15-7-11-19-9-3-5-13-22(19)25)17-24(31)28(37)35-30(39)33-26-16-8-12-20-10-4-6-14-23(20)26/h3-16,21,24H,17-18H2,1-2H3,(H2,32,34,36,38)(H2,33,35,37,39)/t21-,24+/m0/s1. The van der Waals surface area contributed by atoms with E-state index in [-0.39, 0.29) is 45.7 Å². The highest BCUT2D eigenvalue weighted by Gasteiger charge is 2.52. The van der Waals surface area contributed by atoms with Crippen molar-refractivity contribution < 1.29 is 9.59 Å². The normalized spacial score (nSPS) is 17.6. The second kappa shape index (κ2) is 11.1. The van der Waals surface area contributed by atoms with Crippen LogP contribution in [0.1, 0.15) is 26.7 Å². The number of amides is 2. The minimum absolute atomic E-state index is 0.0493. The molecule has 0 spiro atoms. The van der Waals surface area contributed by atoms with Gasteiger partial charge in [-0.05, 0) is 65.1 Å². The van der Waals surface area contributed by atoms with Crippen molar-refractivity contribution >= 4 is 79.4 Å². The third kappa shape index (κ3) is 5.77. The molecule has 0 radical (unpaired) electrons. The Morgan fingerprint density at radius 3 is 1.77 bits per heavy atom. The number of rotatable bonds is 5. The topological polar surface area (TPSA) is 82.3 Å². The van der Waals surface area contributed by atoms with E-state index in [9.17, 15) is 9.59 Å².